The van der Waals surface area contributed by atoms with Crippen LogP contribution in [0.1, 0.15) is 29.0 Å². The standard InChI is InChI=1S/C21H21NO2S/c1-16-20(22-21(25-16)18-8-3-2-4-9-18)15-24-19-12-10-17(11-13-19)7-5-6-14-23/h2-4,8-14H,5-7,15H2,1H3. The third kappa shape index (κ3) is 4.77. The maximum absolute atomic E-state index is 10.4. The van der Waals surface area contributed by atoms with Crippen LogP contribution in [0, 0.1) is 6.92 Å². The Morgan fingerprint density at radius 1 is 1.08 bits per heavy atom. The number of carbonyl (C=O) groups is 1. The molecule has 3 nitrogen and oxygen atoms in total. The first-order valence-corrected chi connectivity index (χ1v) is 9.25. The first-order chi connectivity index (χ1) is 12.3. The highest BCUT2D eigenvalue weighted by Gasteiger charge is 2.10. The molecule has 1 aromatic heterocycles. The Kier molecular flexibility index (Phi) is 5.96. The van der Waals surface area contributed by atoms with E-state index in [0.717, 1.165) is 41.1 Å². The third-order valence-electron chi connectivity index (χ3n) is 4.00. The molecule has 0 saturated carbocycles. The van der Waals surface area contributed by atoms with E-state index in [-0.39, 0.29) is 0 Å². The molecule has 0 amide bonds. The van der Waals surface area contributed by atoms with E-state index in [1.54, 1.807) is 11.3 Å². The lowest BCUT2D eigenvalue weighted by molar-refractivity contribution is -0.107. The van der Waals surface area contributed by atoms with Crippen molar-refractivity contribution in [1.29, 1.82) is 0 Å². The minimum absolute atomic E-state index is 0.472. The van der Waals surface area contributed by atoms with Gasteiger partial charge in [0.05, 0.1) is 5.69 Å². The van der Waals surface area contributed by atoms with Crippen LogP contribution in [0.2, 0.25) is 0 Å². The van der Waals surface area contributed by atoms with Crippen LogP contribution in [0.4, 0.5) is 0 Å². The summed E-state index contributed by atoms with van der Waals surface area (Å²) in [6.07, 6.45) is 3.40. The summed E-state index contributed by atoms with van der Waals surface area (Å²) in [6, 6.07) is 18.3. The van der Waals surface area contributed by atoms with Crippen LogP contribution in [0.15, 0.2) is 54.6 Å². The SMILES string of the molecule is Cc1sc(-c2ccccc2)nc1COc1ccc(CCCC=O)cc1. The minimum atomic E-state index is 0.472. The van der Waals surface area contributed by atoms with Crippen molar-refractivity contribution in [3.8, 4) is 16.3 Å². The van der Waals surface area contributed by atoms with E-state index in [2.05, 4.69) is 31.2 Å². The molecule has 25 heavy (non-hydrogen) atoms. The van der Waals surface area contributed by atoms with E-state index in [1.807, 2.05) is 30.3 Å². The Bertz CT molecular complexity index is 810. The van der Waals surface area contributed by atoms with Gasteiger partial charge in [0, 0.05) is 16.9 Å². The number of carbonyl (C=O) groups excluding carboxylic acids is 1. The number of aldehydes is 1. The van der Waals surface area contributed by atoms with E-state index < -0.39 is 0 Å². The predicted octanol–water partition coefficient (Wildman–Crippen LogP) is 5.22. The normalized spacial score (nSPS) is 10.6. The summed E-state index contributed by atoms with van der Waals surface area (Å²) in [5.41, 5.74) is 3.35. The Hall–Kier alpha value is -2.46. The van der Waals surface area contributed by atoms with Gasteiger partial charge in [0.1, 0.15) is 23.7 Å². The van der Waals surface area contributed by atoms with E-state index in [9.17, 15) is 4.79 Å². The molecule has 0 fully saturated rings. The number of ether oxygens (including phenoxy) is 1. The molecule has 3 rings (SSSR count). The largest absolute Gasteiger partial charge is 0.487 e. The van der Waals surface area contributed by atoms with Crippen LogP contribution in [0.5, 0.6) is 5.75 Å². The predicted molar refractivity (Wildman–Crippen MR) is 102 cm³/mol. The maximum Gasteiger partial charge on any atom is 0.131 e. The Morgan fingerprint density at radius 2 is 1.84 bits per heavy atom. The quantitative estimate of drug-likeness (QED) is 0.412. The Labute approximate surface area is 152 Å². The van der Waals surface area contributed by atoms with Gasteiger partial charge in [-0.05, 0) is 37.5 Å². The molecule has 0 saturated heterocycles. The molecule has 0 spiro atoms. The lowest BCUT2D eigenvalue weighted by atomic mass is 10.1. The number of rotatable bonds is 8. The highest BCUT2D eigenvalue weighted by molar-refractivity contribution is 7.15. The molecule has 0 aliphatic heterocycles. The third-order valence-corrected chi connectivity index (χ3v) is 5.06. The summed E-state index contributed by atoms with van der Waals surface area (Å²) in [7, 11) is 0. The molecular formula is C21H21NO2S. The van der Waals surface area contributed by atoms with Gasteiger partial charge in [-0.25, -0.2) is 4.98 Å². The molecule has 0 bridgehead atoms. The fraction of sp³-hybridized carbons (Fsp3) is 0.238. The summed E-state index contributed by atoms with van der Waals surface area (Å²) in [4.78, 5) is 16.3. The molecule has 0 N–H and O–H groups in total. The molecule has 0 unspecified atom stereocenters. The van der Waals surface area contributed by atoms with E-state index in [1.165, 1.54) is 10.4 Å². The number of benzene rings is 2. The highest BCUT2D eigenvalue weighted by Crippen LogP contribution is 2.28. The van der Waals surface area contributed by atoms with Crippen molar-refractivity contribution in [2.45, 2.75) is 32.8 Å². The summed E-state index contributed by atoms with van der Waals surface area (Å²) in [5, 5.41) is 1.03. The van der Waals surface area contributed by atoms with Crippen LogP contribution < -0.4 is 4.74 Å². The van der Waals surface area contributed by atoms with Gasteiger partial charge in [0.15, 0.2) is 0 Å². The molecule has 2 aromatic carbocycles. The molecule has 0 aliphatic carbocycles. The van der Waals surface area contributed by atoms with Crippen molar-refractivity contribution in [2.24, 2.45) is 0 Å². The first kappa shape index (κ1) is 17.4. The summed E-state index contributed by atoms with van der Waals surface area (Å²) in [6.45, 7) is 2.55. The number of thiazole rings is 1. The van der Waals surface area contributed by atoms with Crippen LogP contribution >= 0.6 is 11.3 Å². The molecule has 4 heteroatoms. The lowest BCUT2D eigenvalue weighted by Gasteiger charge is -2.06. The van der Waals surface area contributed by atoms with Gasteiger partial charge in [-0.1, -0.05) is 42.5 Å². The number of aryl methyl sites for hydroxylation is 2. The summed E-state index contributed by atoms with van der Waals surface area (Å²) in [5.74, 6) is 0.841. The molecule has 0 aliphatic rings. The number of hydrogen-bond donors (Lipinski definition) is 0. The number of aromatic nitrogens is 1. The second-order valence-electron chi connectivity index (χ2n) is 5.88. The van der Waals surface area contributed by atoms with Crippen molar-refractivity contribution in [3.63, 3.8) is 0 Å². The first-order valence-electron chi connectivity index (χ1n) is 8.43. The van der Waals surface area contributed by atoms with Gasteiger partial charge in [0.2, 0.25) is 0 Å². The van der Waals surface area contributed by atoms with E-state index in [0.29, 0.717) is 13.0 Å². The minimum Gasteiger partial charge on any atom is -0.487 e. The molecule has 3 aromatic rings. The Balaban J connectivity index is 1.60. The number of nitrogens with zero attached hydrogens (tertiary/aromatic N) is 1. The molecule has 1 heterocycles. The second kappa shape index (κ2) is 8.58. The average Bonchev–Trinajstić information content (AvgIpc) is 3.03. The van der Waals surface area contributed by atoms with Gasteiger partial charge in [0.25, 0.3) is 0 Å². The van der Waals surface area contributed by atoms with Crippen LogP contribution in [-0.4, -0.2) is 11.3 Å². The highest BCUT2D eigenvalue weighted by atomic mass is 32.1. The Morgan fingerprint density at radius 3 is 2.56 bits per heavy atom. The average molecular weight is 351 g/mol. The maximum atomic E-state index is 10.4. The monoisotopic (exact) mass is 351 g/mol. The second-order valence-corrected chi connectivity index (χ2v) is 7.08. The molecule has 0 atom stereocenters. The van der Waals surface area contributed by atoms with Crippen molar-refractivity contribution < 1.29 is 9.53 Å². The van der Waals surface area contributed by atoms with Gasteiger partial charge >= 0.3 is 0 Å². The van der Waals surface area contributed by atoms with Gasteiger partial charge < -0.3 is 9.53 Å². The van der Waals surface area contributed by atoms with E-state index >= 15 is 0 Å². The van der Waals surface area contributed by atoms with Crippen LogP contribution in [0.25, 0.3) is 10.6 Å². The number of unbranched alkanes of at least 4 members (excludes halogenated alkanes) is 1. The zero-order valence-corrected chi connectivity index (χ0v) is 15.1. The van der Waals surface area contributed by atoms with Gasteiger partial charge in [-0.3, -0.25) is 0 Å². The zero-order valence-electron chi connectivity index (χ0n) is 14.3. The smallest absolute Gasteiger partial charge is 0.131 e. The van der Waals surface area contributed by atoms with Crippen molar-refractivity contribution in [1.82, 2.24) is 4.98 Å². The van der Waals surface area contributed by atoms with Crippen LogP contribution in [0.3, 0.4) is 0 Å². The summed E-state index contributed by atoms with van der Waals surface area (Å²) < 4.78 is 5.89. The topological polar surface area (TPSA) is 39.2 Å². The number of hydrogen-bond acceptors (Lipinski definition) is 4. The lowest BCUT2D eigenvalue weighted by Crippen LogP contribution is -1.97. The fourth-order valence-corrected chi connectivity index (χ4v) is 3.48. The van der Waals surface area contributed by atoms with Crippen molar-refractivity contribution >= 4 is 17.6 Å². The van der Waals surface area contributed by atoms with Crippen molar-refractivity contribution in [2.75, 3.05) is 0 Å². The molecular weight excluding hydrogens is 330 g/mol. The van der Waals surface area contributed by atoms with Crippen LogP contribution in [-0.2, 0) is 17.8 Å². The van der Waals surface area contributed by atoms with Gasteiger partial charge in [-0.2, -0.15) is 0 Å². The molecule has 0 radical (unpaired) electrons. The summed E-state index contributed by atoms with van der Waals surface area (Å²) >= 11 is 1.70. The zero-order chi connectivity index (χ0) is 17.5. The fourth-order valence-electron chi connectivity index (χ4n) is 2.56. The van der Waals surface area contributed by atoms with E-state index in [4.69, 9.17) is 9.72 Å². The molecule has 128 valence electrons. The van der Waals surface area contributed by atoms with Crippen molar-refractivity contribution in [3.05, 3.63) is 70.7 Å². The van der Waals surface area contributed by atoms with Gasteiger partial charge in [-0.15, -0.1) is 11.3 Å².